The molecule has 2 N–H and O–H groups in total. The van der Waals surface area contributed by atoms with Crippen LogP contribution >= 0.6 is 0 Å². The van der Waals surface area contributed by atoms with Gasteiger partial charge in [-0.2, -0.15) is 5.10 Å². The van der Waals surface area contributed by atoms with E-state index < -0.39 is 5.60 Å². The van der Waals surface area contributed by atoms with Gasteiger partial charge in [0.2, 0.25) is 0 Å². The number of H-pyrrole nitrogens is 1. The Morgan fingerprint density at radius 1 is 1.19 bits per heavy atom. The van der Waals surface area contributed by atoms with Crippen molar-refractivity contribution in [1.82, 2.24) is 24.7 Å². The zero-order chi connectivity index (χ0) is 19.3. The summed E-state index contributed by atoms with van der Waals surface area (Å²) in [6.45, 7) is 6.64. The van der Waals surface area contributed by atoms with Crippen molar-refractivity contribution in [3.63, 3.8) is 0 Å². The van der Waals surface area contributed by atoms with E-state index in [1.54, 1.807) is 0 Å². The largest absolute Gasteiger partial charge is 0.390 e. The number of aliphatic hydroxyl groups is 1. The number of imidazole rings is 1. The number of nitrogens with zero attached hydrogens (tertiary/aromatic N) is 4. The molecule has 3 rings (SSSR count). The molecule has 0 spiro atoms. The van der Waals surface area contributed by atoms with Gasteiger partial charge >= 0.3 is 0 Å². The van der Waals surface area contributed by atoms with Gasteiger partial charge in [-0.15, -0.1) is 0 Å². The normalized spacial score (nSPS) is 13.0. The number of nitrogens with one attached hydrogen (secondary N) is 1. The van der Waals surface area contributed by atoms with Crippen LogP contribution in [0.5, 0.6) is 0 Å². The van der Waals surface area contributed by atoms with Crippen LogP contribution in [0.25, 0.3) is 11.3 Å². The monoisotopic (exact) mass is 367 g/mol. The molecule has 0 saturated heterocycles. The van der Waals surface area contributed by atoms with E-state index in [4.69, 9.17) is 4.98 Å². The Labute approximate surface area is 160 Å². The molecule has 6 heteroatoms. The van der Waals surface area contributed by atoms with E-state index in [1.165, 1.54) is 12.0 Å². The first-order valence-electron chi connectivity index (χ1n) is 9.58. The lowest BCUT2D eigenvalue weighted by atomic mass is 9.93. The molecule has 0 saturated carbocycles. The van der Waals surface area contributed by atoms with Crippen molar-refractivity contribution >= 4 is 0 Å². The molecule has 0 unspecified atom stereocenters. The minimum absolute atomic E-state index is 0.500. The summed E-state index contributed by atoms with van der Waals surface area (Å²) in [5, 5.41) is 16.8. The van der Waals surface area contributed by atoms with E-state index in [-0.39, 0.29) is 0 Å². The summed E-state index contributed by atoms with van der Waals surface area (Å²) in [7, 11) is 0. The summed E-state index contributed by atoms with van der Waals surface area (Å²) < 4.78 is 2.16. The highest BCUT2D eigenvalue weighted by molar-refractivity contribution is 5.61. The van der Waals surface area contributed by atoms with Crippen LogP contribution in [-0.4, -0.2) is 35.4 Å². The van der Waals surface area contributed by atoms with Crippen molar-refractivity contribution in [1.29, 1.82) is 0 Å². The Bertz CT molecular complexity index is 818. The number of aromatic amines is 1. The summed E-state index contributed by atoms with van der Waals surface area (Å²) in [4.78, 5) is 8.95. The zero-order valence-electron chi connectivity index (χ0n) is 16.4. The van der Waals surface area contributed by atoms with Gasteiger partial charge in [-0.3, -0.25) is 5.10 Å². The van der Waals surface area contributed by atoms with Crippen LogP contribution in [0.1, 0.15) is 51.6 Å². The average molecular weight is 367 g/mol. The van der Waals surface area contributed by atoms with Crippen molar-refractivity contribution in [3.8, 4) is 11.3 Å². The summed E-state index contributed by atoms with van der Waals surface area (Å²) in [5.74, 6) is 1.32. The Morgan fingerprint density at radius 2 is 1.96 bits per heavy atom. The lowest BCUT2D eigenvalue weighted by Gasteiger charge is -2.19. The third-order valence-electron chi connectivity index (χ3n) is 4.81. The van der Waals surface area contributed by atoms with Gasteiger partial charge in [0.25, 0.3) is 0 Å². The molecule has 3 aromatic rings. The lowest BCUT2D eigenvalue weighted by molar-refractivity contribution is 0.0670. The molecule has 0 fully saturated rings. The molecule has 1 aromatic carbocycles. The van der Waals surface area contributed by atoms with Gasteiger partial charge in [-0.1, -0.05) is 50.1 Å². The van der Waals surface area contributed by atoms with Crippen molar-refractivity contribution in [2.75, 3.05) is 0 Å². The van der Waals surface area contributed by atoms with Gasteiger partial charge in [0.15, 0.2) is 0 Å². The molecule has 0 amide bonds. The predicted octanol–water partition coefficient (Wildman–Crippen LogP) is 3.84. The first-order chi connectivity index (χ1) is 12.9. The number of aromatic nitrogens is 5. The van der Waals surface area contributed by atoms with Crippen molar-refractivity contribution in [2.45, 2.75) is 58.6 Å². The molecule has 6 nitrogen and oxygen atoms in total. The third kappa shape index (κ3) is 5.50. The van der Waals surface area contributed by atoms with E-state index in [9.17, 15) is 5.11 Å². The Kier molecular flexibility index (Phi) is 6.06. The minimum Gasteiger partial charge on any atom is -0.390 e. The van der Waals surface area contributed by atoms with Gasteiger partial charge in [0, 0.05) is 11.3 Å². The first-order valence-corrected chi connectivity index (χ1v) is 9.58. The van der Waals surface area contributed by atoms with Crippen LogP contribution in [0.3, 0.4) is 0 Å². The summed E-state index contributed by atoms with van der Waals surface area (Å²) in [6.07, 6.45) is 7.27. The molecule has 2 aromatic heterocycles. The zero-order valence-corrected chi connectivity index (χ0v) is 16.4. The number of rotatable bonds is 9. The summed E-state index contributed by atoms with van der Waals surface area (Å²) >= 11 is 0. The minimum atomic E-state index is -0.594. The molecule has 1 atom stereocenters. The fourth-order valence-electron chi connectivity index (χ4n) is 3.38. The van der Waals surface area contributed by atoms with E-state index >= 15 is 0 Å². The van der Waals surface area contributed by atoms with Gasteiger partial charge in [0.1, 0.15) is 12.2 Å². The van der Waals surface area contributed by atoms with E-state index in [0.717, 1.165) is 42.8 Å². The second-order valence-corrected chi connectivity index (χ2v) is 7.98. The summed E-state index contributed by atoms with van der Waals surface area (Å²) in [5.41, 5.74) is 2.79. The molecule has 0 aliphatic heterocycles. The standard InChI is InChI=1S/C21H29N5O/c1-16(8-7-11-21(2,3)27)12-18-20(17-9-5-4-6-10-17)23-15-26(18)13-19-22-14-24-25-19/h4-6,9-10,14-16,27H,7-8,11-13H2,1-3H3,(H,22,24,25)/t16-/m0/s1. The molecular weight excluding hydrogens is 338 g/mol. The lowest BCUT2D eigenvalue weighted by Crippen LogP contribution is -2.18. The second kappa shape index (κ2) is 8.48. The molecule has 144 valence electrons. The quantitative estimate of drug-likeness (QED) is 0.602. The van der Waals surface area contributed by atoms with Crippen molar-refractivity contribution in [3.05, 3.63) is 54.5 Å². The smallest absolute Gasteiger partial charge is 0.144 e. The third-order valence-corrected chi connectivity index (χ3v) is 4.81. The second-order valence-electron chi connectivity index (χ2n) is 7.98. The fourth-order valence-corrected chi connectivity index (χ4v) is 3.38. The topological polar surface area (TPSA) is 79.6 Å². The predicted molar refractivity (Wildman–Crippen MR) is 106 cm³/mol. The highest BCUT2D eigenvalue weighted by Gasteiger charge is 2.18. The Balaban J connectivity index is 1.78. The SMILES string of the molecule is C[C@@H](CCCC(C)(C)O)Cc1c(-c2ccccc2)ncn1Cc1ncn[nH]1. The molecule has 2 heterocycles. The maximum atomic E-state index is 9.94. The van der Waals surface area contributed by atoms with Crippen molar-refractivity contribution < 1.29 is 5.11 Å². The number of hydrogen-bond donors (Lipinski definition) is 2. The van der Waals surface area contributed by atoms with Gasteiger partial charge in [-0.25, -0.2) is 9.97 Å². The van der Waals surface area contributed by atoms with Gasteiger partial charge in [-0.05, 0) is 32.6 Å². The summed E-state index contributed by atoms with van der Waals surface area (Å²) in [6, 6.07) is 10.3. The van der Waals surface area contributed by atoms with Crippen LogP contribution < -0.4 is 0 Å². The van der Waals surface area contributed by atoms with E-state index in [2.05, 4.69) is 38.8 Å². The van der Waals surface area contributed by atoms with Gasteiger partial charge in [0.05, 0.1) is 24.2 Å². The van der Waals surface area contributed by atoms with Gasteiger partial charge < -0.3 is 9.67 Å². The molecule has 0 bridgehead atoms. The van der Waals surface area contributed by atoms with E-state index in [0.29, 0.717) is 12.5 Å². The highest BCUT2D eigenvalue weighted by atomic mass is 16.3. The molecule has 0 aliphatic carbocycles. The van der Waals surface area contributed by atoms with E-state index in [1.807, 2.05) is 38.4 Å². The van der Waals surface area contributed by atoms with Crippen LogP contribution in [0.2, 0.25) is 0 Å². The molecule has 0 aliphatic rings. The number of hydrogen-bond acceptors (Lipinski definition) is 4. The number of benzene rings is 1. The first kappa shape index (κ1) is 19.3. The van der Waals surface area contributed by atoms with Crippen LogP contribution in [0, 0.1) is 5.92 Å². The average Bonchev–Trinajstić information content (AvgIpc) is 3.26. The molecular formula is C21H29N5O. The van der Waals surface area contributed by atoms with Crippen LogP contribution in [-0.2, 0) is 13.0 Å². The van der Waals surface area contributed by atoms with Crippen LogP contribution in [0.15, 0.2) is 43.0 Å². The fraction of sp³-hybridized carbons (Fsp3) is 0.476. The highest BCUT2D eigenvalue weighted by Crippen LogP contribution is 2.27. The molecule has 27 heavy (non-hydrogen) atoms. The Hall–Kier alpha value is -2.47. The maximum Gasteiger partial charge on any atom is 0.144 e. The maximum absolute atomic E-state index is 9.94. The van der Waals surface area contributed by atoms with Crippen LogP contribution in [0.4, 0.5) is 0 Å². The Morgan fingerprint density at radius 3 is 2.63 bits per heavy atom. The van der Waals surface area contributed by atoms with Crippen molar-refractivity contribution in [2.24, 2.45) is 5.92 Å². The molecule has 0 radical (unpaired) electrons.